The molecule has 30 heavy (non-hydrogen) atoms. The molecule has 2 heterocycles. The van der Waals surface area contributed by atoms with Gasteiger partial charge in [-0.05, 0) is 46.9 Å². The monoisotopic (exact) mass is 529 g/mol. The Kier molecular flexibility index (Phi) is 8.78. The molecule has 0 aromatic heterocycles. The Labute approximate surface area is 197 Å². The van der Waals surface area contributed by atoms with Gasteiger partial charge in [0.05, 0.1) is 12.6 Å². The average Bonchev–Trinajstić information content (AvgIpc) is 3.06. The number of hydrogen-bond donors (Lipinski definition) is 1. The van der Waals surface area contributed by atoms with Gasteiger partial charge in [0.1, 0.15) is 5.60 Å². The smallest absolute Gasteiger partial charge is 0.410 e. The minimum Gasteiger partial charge on any atom is -0.444 e. The van der Waals surface area contributed by atoms with Crippen LogP contribution in [0, 0.1) is 0 Å². The molecule has 2 atom stereocenters. The predicted molar refractivity (Wildman–Crippen MR) is 132 cm³/mol. The van der Waals surface area contributed by atoms with Crippen molar-refractivity contribution in [3.8, 4) is 0 Å². The van der Waals surface area contributed by atoms with Crippen molar-refractivity contribution in [1.82, 2.24) is 20.0 Å². The number of hydrogen-bond acceptors (Lipinski definition) is 6. The molecule has 1 saturated heterocycles. The number of amides is 1. The van der Waals surface area contributed by atoms with Crippen LogP contribution in [0.25, 0.3) is 0 Å². The Balaban J connectivity index is 0.00000320. The number of piperazine rings is 1. The van der Waals surface area contributed by atoms with Crippen molar-refractivity contribution in [3.63, 3.8) is 0 Å². The van der Waals surface area contributed by atoms with Crippen molar-refractivity contribution in [2.45, 2.75) is 44.9 Å². The van der Waals surface area contributed by atoms with Gasteiger partial charge in [-0.15, -0.1) is 24.0 Å². The second-order valence-corrected chi connectivity index (χ2v) is 9.13. The standard InChI is InChI=1S/C22H35N5O2.HI/c1-22(2,3)29-21(28)26-11-12-27-19(16-26)15-24-20(27)23-14-18(25(4)5)13-17-9-7-6-8-10-17;/h6-10,18-19H,11-16H2,1-5H3,(H,23,24);1H. The molecule has 0 saturated carbocycles. The zero-order chi connectivity index (χ0) is 21.0. The number of carbonyl (C=O) groups excluding carboxylic acids is 1. The number of carbonyl (C=O) groups is 1. The highest BCUT2D eigenvalue weighted by Gasteiger charge is 2.36. The summed E-state index contributed by atoms with van der Waals surface area (Å²) >= 11 is 0. The predicted octanol–water partition coefficient (Wildman–Crippen LogP) is 2.66. The minimum atomic E-state index is -0.465. The van der Waals surface area contributed by atoms with Gasteiger partial charge >= 0.3 is 6.09 Å². The first-order chi connectivity index (χ1) is 13.7. The minimum absolute atomic E-state index is 0. The van der Waals surface area contributed by atoms with Gasteiger partial charge in [0.15, 0.2) is 5.96 Å². The summed E-state index contributed by atoms with van der Waals surface area (Å²) in [6.45, 7) is 9.35. The molecule has 0 aliphatic carbocycles. The van der Waals surface area contributed by atoms with E-state index in [0.29, 0.717) is 25.7 Å². The van der Waals surface area contributed by atoms with Gasteiger partial charge in [-0.25, -0.2) is 4.79 Å². The Morgan fingerprint density at radius 2 is 1.97 bits per heavy atom. The van der Waals surface area contributed by atoms with Crippen LogP contribution in [0.15, 0.2) is 35.3 Å². The maximum absolute atomic E-state index is 12.4. The third-order valence-corrected chi connectivity index (χ3v) is 5.40. The fraction of sp³-hybridized carbons (Fsp3) is 0.636. The summed E-state index contributed by atoms with van der Waals surface area (Å²) in [5, 5.41) is 3.56. The van der Waals surface area contributed by atoms with Crippen molar-refractivity contribution in [2.75, 3.05) is 46.8 Å². The van der Waals surface area contributed by atoms with Crippen LogP contribution in [0.3, 0.4) is 0 Å². The van der Waals surface area contributed by atoms with E-state index < -0.39 is 5.60 Å². The summed E-state index contributed by atoms with van der Waals surface area (Å²) < 4.78 is 5.52. The largest absolute Gasteiger partial charge is 0.444 e. The molecule has 2 unspecified atom stereocenters. The molecule has 168 valence electrons. The van der Waals surface area contributed by atoms with E-state index in [1.54, 1.807) is 0 Å². The number of likely N-dealkylation sites (N-methyl/N-ethyl adjacent to an activating group) is 1. The second kappa shape index (κ2) is 10.7. The number of rotatable bonds is 5. The van der Waals surface area contributed by atoms with Gasteiger partial charge in [0, 0.05) is 32.2 Å². The van der Waals surface area contributed by atoms with Gasteiger partial charge in [-0.3, -0.25) is 4.99 Å². The van der Waals surface area contributed by atoms with E-state index in [4.69, 9.17) is 9.73 Å². The Bertz CT molecular complexity index is 720. The first-order valence-corrected chi connectivity index (χ1v) is 10.5. The Morgan fingerprint density at radius 3 is 2.60 bits per heavy atom. The van der Waals surface area contributed by atoms with Crippen LogP contribution in [0.5, 0.6) is 0 Å². The number of ether oxygens (including phenoxy) is 1. The lowest BCUT2D eigenvalue weighted by atomic mass is 10.1. The van der Waals surface area contributed by atoms with Crippen molar-refractivity contribution in [3.05, 3.63) is 35.9 Å². The van der Waals surface area contributed by atoms with Gasteiger partial charge in [0.2, 0.25) is 0 Å². The molecule has 7 nitrogen and oxygen atoms in total. The van der Waals surface area contributed by atoms with Crippen molar-refractivity contribution < 1.29 is 9.53 Å². The molecule has 0 radical (unpaired) electrons. The highest BCUT2D eigenvalue weighted by Crippen LogP contribution is 2.19. The molecule has 1 amide bonds. The summed E-state index contributed by atoms with van der Waals surface area (Å²) in [5.41, 5.74) is 0.873. The van der Waals surface area contributed by atoms with Crippen LogP contribution < -0.4 is 5.32 Å². The molecule has 0 bridgehead atoms. The third-order valence-electron chi connectivity index (χ3n) is 5.40. The van der Waals surface area contributed by atoms with Gasteiger partial charge < -0.3 is 24.8 Å². The van der Waals surface area contributed by atoms with Gasteiger partial charge in [-0.1, -0.05) is 30.3 Å². The number of fused-ring (bicyclic) bond motifs is 1. The first kappa shape index (κ1) is 24.7. The van der Waals surface area contributed by atoms with Crippen LogP contribution in [0.1, 0.15) is 26.3 Å². The van der Waals surface area contributed by atoms with Gasteiger partial charge in [0.25, 0.3) is 0 Å². The zero-order valence-corrected chi connectivity index (χ0v) is 21.1. The lowest BCUT2D eigenvalue weighted by Crippen LogP contribution is -2.58. The molecule has 2 aliphatic heterocycles. The average molecular weight is 529 g/mol. The molecule has 1 fully saturated rings. The molecule has 1 aromatic carbocycles. The topological polar surface area (TPSA) is 60.4 Å². The lowest BCUT2D eigenvalue weighted by Gasteiger charge is -2.39. The second-order valence-electron chi connectivity index (χ2n) is 9.13. The van der Waals surface area contributed by atoms with E-state index in [9.17, 15) is 4.79 Å². The number of nitrogens with zero attached hydrogens (tertiary/aromatic N) is 4. The van der Waals surface area contributed by atoms with Crippen LogP contribution in [0.4, 0.5) is 4.79 Å². The van der Waals surface area contributed by atoms with Crippen LogP contribution in [0.2, 0.25) is 0 Å². The summed E-state index contributed by atoms with van der Waals surface area (Å²) in [6, 6.07) is 11.2. The summed E-state index contributed by atoms with van der Waals surface area (Å²) in [4.78, 5) is 23.5. The zero-order valence-electron chi connectivity index (χ0n) is 18.8. The maximum atomic E-state index is 12.4. The number of aliphatic imine (C=N–C) groups is 1. The quantitative estimate of drug-likeness (QED) is 0.595. The van der Waals surface area contributed by atoms with E-state index in [0.717, 1.165) is 25.5 Å². The molecule has 8 heteroatoms. The molecular formula is C22H36IN5O2. The number of halogens is 1. The van der Waals surface area contributed by atoms with Gasteiger partial charge in [-0.2, -0.15) is 0 Å². The molecule has 3 rings (SSSR count). The Morgan fingerprint density at radius 1 is 1.27 bits per heavy atom. The molecule has 1 N–H and O–H groups in total. The van der Waals surface area contributed by atoms with Crippen molar-refractivity contribution in [2.24, 2.45) is 4.99 Å². The molecule has 0 spiro atoms. The van der Waals surface area contributed by atoms with Crippen LogP contribution >= 0.6 is 24.0 Å². The van der Waals surface area contributed by atoms with E-state index in [2.05, 4.69) is 59.5 Å². The van der Waals surface area contributed by atoms with E-state index in [1.807, 2.05) is 25.7 Å². The van der Waals surface area contributed by atoms with Crippen molar-refractivity contribution >= 4 is 36.0 Å². The number of nitrogens with one attached hydrogen (secondary N) is 1. The fourth-order valence-electron chi connectivity index (χ4n) is 3.76. The highest BCUT2D eigenvalue weighted by molar-refractivity contribution is 14.0. The van der Waals surface area contributed by atoms with Crippen LogP contribution in [-0.4, -0.2) is 91.3 Å². The summed E-state index contributed by atoms with van der Waals surface area (Å²) in [6.07, 6.45) is 0.762. The highest BCUT2D eigenvalue weighted by atomic mass is 127. The number of benzene rings is 1. The third kappa shape index (κ3) is 6.73. The fourth-order valence-corrected chi connectivity index (χ4v) is 3.76. The van der Waals surface area contributed by atoms with E-state index >= 15 is 0 Å². The lowest BCUT2D eigenvalue weighted by molar-refractivity contribution is 0.0137. The van der Waals surface area contributed by atoms with E-state index in [-0.39, 0.29) is 36.1 Å². The normalized spacial score (nSPS) is 19.7. The Hall–Kier alpha value is -1.55. The summed E-state index contributed by atoms with van der Waals surface area (Å²) in [7, 11) is 4.24. The van der Waals surface area contributed by atoms with Crippen LogP contribution in [-0.2, 0) is 11.2 Å². The van der Waals surface area contributed by atoms with E-state index in [1.165, 1.54) is 5.56 Å². The molecule has 2 aliphatic rings. The molecular weight excluding hydrogens is 493 g/mol. The molecule has 1 aromatic rings. The maximum Gasteiger partial charge on any atom is 0.410 e. The number of guanidine groups is 1. The SMILES string of the molecule is CN(C)C(CNC1=NCC2CN(C(=O)OC(C)(C)C)CCN12)Cc1ccccc1.I. The first-order valence-electron chi connectivity index (χ1n) is 10.5. The summed E-state index contributed by atoms with van der Waals surface area (Å²) in [5.74, 6) is 0.957. The van der Waals surface area contributed by atoms with Crippen molar-refractivity contribution in [1.29, 1.82) is 0 Å².